The maximum Gasteiger partial charge on any atom is 0.279 e. The zero-order valence-electron chi connectivity index (χ0n) is 16.1. The number of amides is 2. The fraction of sp³-hybridized carbons (Fsp3) is 0.579. The van der Waals surface area contributed by atoms with Crippen molar-refractivity contribution < 1.29 is 14.5 Å². The highest BCUT2D eigenvalue weighted by Gasteiger charge is 2.19. The normalized spacial score (nSPS) is 12.4. The average Bonchev–Trinajstić information content (AvgIpc) is 2.46. The molecule has 5 nitrogen and oxygen atoms in total. The van der Waals surface area contributed by atoms with Crippen molar-refractivity contribution in [1.82, 2.24) is 4.90 Å². The molecule has 0 heterocycles. The molecule has 2 N–H and O–H groups in total. The highest BCUT2D eigenvalue weighted by Crippen LogP contribution is 2.32. The summed E-state index contributed by atoms with van der Waals surface area (Å²) in [6, 6.07) is 6.18. The van der Waals surface area contributed by atoms with Gasteiger partial charge < -0.3 is 15.1 Å². The third-order valence-electron chi connectivity index (χ3n) is 4.05. The molecule has 1 aromatic carbocycles. The van der Waals surface area contributed by atoms with Crippen LogP contribution in [0.4, 0.5) is 5.69 Å². The number of rotatable bonds is 7. The second-order valence-corrected chi connectivity index (χ2v) is 7.27. The van der Waals surface area contributed by atoms with Gasteiger partial charge in [0, 0.05) is 19.8 Å². The van der Waals surface area contributed by atoms with Crippen molar-refractivity contribution in [2.24, 2.45) is 0 Å². The molecule has 0 bridgehead atoms. The Kier molecular flexibility index (Phi) is 7.42. The van der Waals surface area contributed by atoms with Crippen LogP contribution in [0.5, 0.6) is 0 Å². The predicted octanol–water partition coefficient (Wildman–Crippen LogP) is 1.47. The first-order chi connectivity index (χ1) is 11.1. The van der Waals surface area contributed by atoms with Crippen LogP contribution in [0.2, 0.25) is 0 Å². The SMILES string of the molecule is CC(C)c1cccc(C(C)C)c1NC(=O)C[NH+](C)CC(=O)N(C)C. The first-order valence-corrected chi connectivity index (χ1v) is 8.57. The Morgan fingerprint density at radius 1 is 1.04 bits per heavy atom. The van der Waals surface area contributed by atoms with Crippen LogP contribution in [0.1, 0.15) is 50.7 Å². The molecule has 24 heavy (non-hydrogen) atoms. The van der Waals surface area contributed by atoms with Crippen molar-refractivity contribution in [3.05, 3.63) is 29.3 Å². The van der Waals surface area contributed by atoms with Crippen LogP contribution in [-0.2, 0) is 9.59 Å². The van der Waals surface area contributed by atoms with E-state index in [-0.39, 0.29) is 18.4 Å². The van der Waals surface area contributed by atoms with E-state index in [2.05, 4.69) is 45.1 Å². The van der Waals surface area contributed by atoms with Gasteiger partial charge in [-0.15, -0.1) is 0 Å². The van der Waals surface area contributed by atoms with Gasteiger partial charge in [0.2, 0.25) is 0 Å². The molecule has 0 aliphatic rings. The van der Waals surface area contributed by atoms with Crippen LogP contribution in [-0.4, -0.2) is 50.9 Å². The van der Waals surface area contributed by atoms with Crippen molar-refractivity contribution in [2.45, 2.75) is 39.5 Å². The second-order valence-electron chi connectivity index (χ2n) is 7.27. The summed E-state index contributed by atoms with van der Waals surface area (Å²) in [5.41, 5.74) is 3.23. The van der Waals surface area contributed by atoms with E-state index >= 15 is 0 Å². The van der Waals surface area contributed by atoms with Gasteiger partial charge in [-0.1, -0.05) is 45.9 Å². The molecule has 0 aromatic heterocycles. The number of quaternary nitrogens is 1. The Morgan fingerprint density at radius 2 is 1.54 bits per heavy atom. The minimum absolute atomic E-state index is 0.0192. The van der Waals surface area contributed by atoms with Crippen LogP contribution >= 0.6 is 0 Å². The van der Waals surface area contributed by atoms with Gasteiger partial charge >= 0.3 is 0 Å². The third kappa shape index (κ3) is 5.64. The quantitative estimate of drug-likeness (QED) is 0.793. The Bertz CT molecular complexity index is 554. The predicted molar refractivity (Wildman–Crippen MR) is 98.6 cm³/mol. The van der Waals surface area contributed by atoms with Gasteiger partial charge in [0.05, 0.1) is 7.05 Å². The Balaban J connectivity index is 2.88. The molecule has 0 radical (unpaired) electrons. The maximum atomic E-state index is 12.5. The number of nitrogens with one attached hydrogen (secondary N) is 2. The summed E-state index contributed by atoms with van der Waals surface area (Å²) < 4.78 is 0. The molecule has 0 aliphatic heterocycles. The van der Waals surface area contributed by atoms with Crippen molar-refractivity contribution >= 4 is 17.5 Å². The topological polar surface area (TPSA) is 53.9 Å². The summed E-state index contributed by atoms with van der Waals surface area (Å²) in [5.74, 6) is 0.624. The van der Waals surface area contributed by atoms with Crippen molar-refractivity contribution in [2.75, 3.05) is 39.5 Å². The molecule has 5 heteroatoms. The number of para-hydroxylation sites is 1. The van der Waals surface area contributed by atoms with E-state index in [4.69, 9.17) is 0 Å². The van der Waals surface area contributed by atoms with E-state index in [0.29, 0.717) is 18.4 Å². The lowest BCUT2D eigenvalue weighted by Crippen LogP contribution is -3.11. The molecule has 0 saturated carbocycles. The van der Waals surface area contributed by atoms with E-state index in [9.17, 15) is 9.59 Å². The van der Waals surface area contributed by atoms with Gasteiger partial charge in [-0.25, -0.2) is 0 Å². The molecule has 0 saturated heterocycles. The standard InChI is InChI=1S/C19H31N3O2/c1-13(2)15-9-8-10-16(14(3)4)19(15)20-17(23)11-22(7)12-18(24)21(5)6/h8-10,13-14H,11-12H2,1-7H3,(H,20,23)/p+1. The maximum absolute atomic E-state index is 12.5. The van der Waals surface area contributed by atoms with Gasteiger partial charge in [0.25, 0.3) is 11.8 Å². The minimum atomic E-state index is -0.0611. The molecular weight excluding hydrogens is 302 g/mol. The Labute approximate surface area is 146 Å². The lowest BCUT2D eigenvalue weighted by Gasteiger charge is -2.21. The summed E-state index contributed by atoms with van der Waals surface area (Å²) in [7, 11) is 5.31. The fourth-order valence-electron chi connectivity index (χ4n) is 2.63. The highest BCUT2D eigenvalue weighted by atomic mass is 16.2. The van der Waals surface area contributed by atoms with Gasteiger partial charge in [0.1, 0.15) is 0 Å². The highest BCUT2D eigenvalue weighted by molar-refractivity contribution is 5.93. The van der Waals surface area contributed by atoms with E-state index < -0.39 is 0 Å². The summed E-state index contributed by atoms with van der Waals surface area (Å²) >= 11 is 0. The van der Waals surface area contributed by atoms with E-state index in [0.717, 1.165) is 21.7 Å². The van der Waals surface area contributed by atoms with Crippen LogP contribution in [0.25, 0.3) is 0 Å². The van der Waals surface area contributed by atoms with Crippen LogP contribution in [0.15, 0.2) is 18.2 Å². The Hall–Kier alpha value is -1.88. The molecule has 1 aromatic rings. The molecule has 1 atom stereocenters. The zero-order valence-corrected chi connectivity index (χ0v) is 16.1. The number of carbonyl (C=O) groups is 2. The summed E-state index contributed by atoms with van der Waals surface area (Å²) in [5, 5.41) is 3.09. The van der Waals surface area contributed by atoms with Gasteiger partial charge in [-0.2, -0.15) is 0 Å². The molecule has 134 valence electrons. The summed E-state index contributed by atoms with van der Waals surface area (Å²) in [4.78, 5) is 26.6. The van der Waals surface area contributed by atoms with E-state index in [1.807, 2.05) is 13.1 Å². The number of likely N-dealkylation sites (N-methyl/N-ethyl adjacent to an activating group) is 2. The van der Waals surface area contributed by atoms with Gasteiger partial charge in [0.15, 0.2) is 13.1 Å². The number of carbonyl (C=O) groups excluding carboxylic acids is 2. The second kappa shape index (κ2) is 8.83. The molecule has 0 fully saturated rings. The summed E-state index contributed by atoms with van der Waals surface area (Å²) in [6.45, 7) is 9.09. The van der Waals surface area contributed by atoms with Crippen molar-refractivity contribution in [1.29, 1.82) is 0 Å². The van der Waals surface area contributed by atoms with Gasteiger partial charge in [-0.3, -0.25) is 9.59 Å². The monoisotopic (exact) mass is 334 g/mol. The van der Waals surface area contributed by atoms with Crippen LogP contribution < -0.4 is 10.2 Å². The van der Waals surface area contributed by atoms with Gasteiger partial charge in [-0.05, 0) is 23.0 Å². The number of anilines is 1. The van der Waals surface area contributed by atoms with Crippen LogP contribution in [0.3, 0.4) is 0 Å². The molecule has 1 unspecified atom stereocenters. The van der Waals surface area contributed by atoms with Crippen molar-refractivity contribution in [3.8, 4) is 0 Å². The average molecular weight is 334 g/mol. The van der Waals surface area contributed by atoms with Crippen LogP contribution in [0, 0.1) is 0 Å². The van der Waals surface area contributed by atoms with E-state index in [1.54, 1.807) is 19.0 Å². The van der Waals surface area contributed by atoms with E-state index in [1.165, 1.54) is 0 Å². The number of nitrogens with zero attached hydrogens (tertiary/aromatic N) is 1. The molecule has 2 amide bonds. The largest absolute Gasteiger partial charge is 0.344 e. The molecule has 0 aliphatic carbocycles. The number of hydrogen-bond donors (Lipinski definition) is 2. The van der Waals surface area contributed by atoms with Crippen molar-refractivity contribution in [3.63, 3.8) is 0 Å². The third-order valence-corrected chi connectivity index (χ3v) is 4.05. The summed E-state index contributed by atoms with van der Waals surface area (Å²) in [6.07, 6.45) is 0. The molecule has 0 spiro atoms. The first-order valence-electron chi connectivity index (χ1n) is 8.57. The lowest BCUT2D eigenvalue weighted by molar-refractivity contribution is -0.862. The molecule has 1 rings (SSSR count). The zero-order chi connectivity index (χ0) is 18.4. The smallest absolute Gasteiger partial charge is 0.279 e. The number of hydrogen-bond acceptors (Lipinski definition) is 2. The number of benzene rings is 1. The lowest BCUT2D eigenvalue weighted by atomic mass is 9.92. The minimum Gasteiger partial charge on any atom is -0.344 e. The molecular formula is C19H32N3O2+. The first kappa shape index (κ1) is 20.2. The fourth-order valence-corrected chi connectivity index (χ4v) is 2.63. The Morgan fingerprint density at radius 3 is 1.96 bits per heavy atom.